The molecule has 0 aliphatic carbocycles. The van der Waals surface area contributed by atoms with Crippen LogP contribution in [0.2, 0.25) is 0 Å². The van der Waals surface area contributed by atoms with Crippen LogP contribution in [0.1, 0.15) is 24.1 Å². The first kappa shape index (κ1) is 19.0. The van der Waals surface area contributed by atoms with Crippen molar-refractivity contribution in [3.8, 4) is 0 Å². The van der Waals surface area contributed by atoms with Crippen molar-refractivity contribution in [1.82, 2.24) is 14.9 Å². The fourth-order valence-corrected chi connectivity index (χ4v) is 3.10. The number of anilines is 1. The summed E-state index contributed by atoms with van der Waals surface area (Å²) in [6.07, 6.45) is -1.89. The van der Waals surface area contributed by atoms with Crippen LogP contribution in [-0.4, -0.2) is 38.9 Å². The molecule has 1 saturated heterocycles. The van der Waals surface area contributed by atoms with E-state index in [1.54, 1.807) is 12.1 Å². The van der Waals surface area contributed by atoms with E-state index >= 15 is 0 Å². The highest BCUT2D eigenvalue weighted by Gasteiger charge is 2.33. The molecule has 0 bridgehead atoms. The summed E-state index contributed by atoms with van der Waals surface area (Å²) in [5.41, 5.74) is 0.0161. The summed E-state index contributed by atoms with van der Waals surface area (Å²) in [6.45, 7) is 2.11. The van der Waals surface area contributed by atoms with E-state index in [9.17, 15) is 23.3 Å². The molecule has 1 atom stereocenters. The molecule has 10 heteroatoms. The minimum absolute atomic E-state index is 0.0345. The predicted molar refractivity (Wildman–Crippen MR) is 92.1 cm³/mol. The average molecular weight is 381 g/mol. The summed E-state index contributed by atoms with van der Waals surface area (Å²) in [4.78, 5) is 19.6. The van der Waals surface area contributed by atoms with Crippen LogP contribution in [0.3, 0.4) is 0 Å². The maximum atomic E-state index is 12.8. The van der Waals surface area contributed by atoms with Gasteiger partial charge in [0.25, 0.3) is 5.69 Å². The third kappa shape index (κ3) is 5.13. The molecule has 3 rings (SSSR count). The SMILES string of the molecule is O=[N+]([O-])c1ccc(CN2CCCC(Nc3cc(C(F)(F)F)ncn3)C2)cc1. The minimum Gasteiger partial charge on any atom is -0.366 e. The zero-order chi connectivity index (χ0) is 19.4. The van der Waals surface area contributed by atoms with Gasteiger partial charge in [-0.05, 0) is 24.9 Å². The van der Waals surface area contributed by atoms with Crippen LogP contribution >= 0.6 is 0 Å². The Labute approximate surface area is 153 Å². The number of nitrogens with one attached hydrogen (secondary N) is 1. The van der Waals surface area contributed by atoms with Gasteiger partial charge < -0.3 is 5.32 Å². The molecule has 1 aromatic carbocycles. The molecule has 1 aliphatic heterocycles. The lowest BCUT2D eigenvalue weighted by atomic mass is 10.0. The summed E-state index contributed by atoms with van der Waals surface area (Å²) in [7, 11) is 0. The van der Waals surface area contributed by atoms with Crippen LogP contribution in [0.4, 0.5) is 24.7 Å². The van der Waals surface area contributed by atoms with Crippen molar-refractivity contribution >= 4 is 11.5 Å². The van der Waals surface area contributed by atoms with Gasteiger partial charge in [-0.25, -0.2) is 9.97 Å². The number of alkyl halides is 3. The van der Waals surface area contributed by atoms with Gasteiger partial charge in [0, 0.05) is 37.3 Å². The molecule has 0 saturated carbocycles. The number of hydrogen-bond acceptors (Lipinski definition) is 6. The van der Waals surface area contributed by atoms with E-state index in [1.165, 1.54) is 12.1 Å². The maximum Gasteiger partial charge on any atom is 0.433 e. The molecule has 1 aromatic heterocycles. The predicted octanol–water partition coefficient (Wildman–Crippen LogP) is 3.48. The van der Waals surface area contributed by atoms with Crippen molar-refractivity contribution in [3.05, 3.63) is 58.0 Å². The zero-order valence-electron chi connectivity index (χ0n) is 14.3. The Bertz CT molecular complexity index is 798. The number of aromatic nitrogens is 2. The largest absolute Gasteiger partial charge is 0.433 e. The number of hydrogen-bond donors (Lipinski definition) is 1. The first-order chi connectivity index (χ1) is 12.8. The van der Waals surface area contributed by atoms with Gasteiger partial charge in [0.2, 0.25) is 0 Å². The molecule has 1 unspecified atom stereocenters. The van der Waals surface area contributed by atoms with Crippen molar-refractivity contribution in [3.63, 3.8) is 0 Å². The Morgan fingerprint density at radius 3 is 2.67 bits per heavy atom. The number of rotatable bonds is 5. The van der Waals surface area contributed by atoms with Gasteiger partial charge in [-0.3, -0.25) is 15.0 Å². The van der Waals surface area contributed by atoms with E-state index in [2.05, 4.69) is 20.2 Å². The van der Waals surface area contributed by atoms with Crippen LogP contribution in [-0.2, 0) is 12.7 Å². The summed E-state index contributed by atoms with van der Waals surface area (Å²) in [6, 6.07) is 7.25. The number of likely N-dealkylation sites (tertiary alicyclic amines) is 1. The van der Waals surface area contributed by atoms with Crippen LogP contribution in [0, 0.1) is 10.1 Å². The molecule has 7 nitrogen and oxygen atoms in total. The fourth-order valence-electron chi connectivity index (χ4n) is 3.10. The number of nitro benzene ring substituents is 1. The van der Waals surface area contributed by atoms with Gasteiger partial charge in [0.15, 0.2) is 0 Å². The topological polar surface area (TPSA) is 84.2 Å². The molecule has 144 valence electrons. The third-order valence-corrected chi connectivity index (χ3v) is 4.37. The van der Waals surface area contributed by atoms with Crippen molar-refractivity contribution in [2.24, 2.45) is 0 Å². The highest BCUT2D eigenvalue weighted by Crippen LogP contribution is 2.28. The second kappa shape index (κ2) is 7.87. The first-order valence-corrected chi connectivity index (χ1v) is 8.43. The number of non-ortho nitro benzene ring substituents is 1. The van der Waals surface area contributed by atoms with E-state index in [4.69, 9.17) is 0 Å². The van der Waals surface area contributed by atoms with Crippen molar-refractivity contribution < 1.29 is 18.1 Å². The first-order valence-electron chi connectivity index (χ1n) is 8.43. The Morgan fingerprint density at radius 1 is 1.26 bits per heavy atom. The molecular weight excluding hydrogens is 363 g/mol. The van der Waals surface area contributed by atoms with Gasteiger partial charge >= 0.3 is 6.18 Å². The van der Waals surface area contributed by atoms with E-state index in [0.717, 1.165) is 37.3 Å². The van der Waals surface area contributed by atoms with Gasteiger partial charge in [-0.15, -0.1) is 0 Å². The highest BCUT2D eigenvalue weighted by atomic mass is 19.4. The van der Waals surface area contributed by atoms with Gasteiger partial charge in [0.05, 0.1) is 4.92 Å². The molecule has 0 radical (unpaired) electrons. The quantitative estimate of drug-likeness (QED) is 0.631. The zero-order valence-corrected chi connectivity index (χ0v) is 14.3. The van der Waals surface area contributed by atoms with Gasteiger partial charge in [-0.1, -0.05) is 12.1 Å². The number of nitro groups is 1. The molecule has 1 fully saturated rings. The minimum atomic E-state index is -4.51. The van der Waals surface area contributed by atoms with Gasteiger partial charge in [-0.2, -0.15) is 13.2 Å². The molecule has 27 heavy (non-hydrogen) atoms. The Kier molecular flexibility index (Phi) is 5.54. The molecule has 0 spiro atoms. The molecule has 0 amide bonds. The summed E-state index contributed by atoms with van der Waals surface area (Å²) >= 11 is 0. The average Bonchev–Trinajstić information content (AvgIpc) is 2.62. The monoisotopic (exact) mass is 381 g/mol. The summed E-state index contributed by atoms with van der Waals surface area (Å²) < 4.78 is 38.3. The molecule has 2 heterocycles. The Hall–Kier alpha value is -2.75. The molecule has 2 aromatic rings. The van der Waals surface area contributed by atoms with Crippen LogP contribution in [0.15, 0.2) is 36.7 Å². The van der Waals surface area contributed by atoms with Crippen molar-refractivity contribution in [2.45, 2.75) is 31.6 Å². The summed E-state index contributed by atoms with van der Waals surface area (Å²) in [5.74, 6) is 0.152. The maximum absolute atomic E-state index is 12.8. The van der Waals surface area contributed by atoms with Crippen LogP contribution in [0.5, 0.6) is 0 Å². The lowest BCUT2D eigenvalue weighted by Crippen LogP contribution is -2.41. The fraction of sp³-hybridized carbons (Fsp3) is 0.412. The van der Waals surface area contributed by atoms with E-state index in [1.807, 2.05) is 0 Å². The second-order valence-corrected chi connectivity index (χ2v) is 6.43. The number of benzene rings is 1. The van der Waals surface area contributed by atoms with E-state index in [0.29, 0.717) is 13.1 Å². The van der Waals surface area contributed by atoms with Crippen LogP contribution in [0.25, 0.3) is 0 Å². The molecular formula is C17H18F3N5O2. The lowest BCUT2D eigenvalue weighted by molar-refractivity contribution is -0.384. The smallest absolute Gasteiger partial charge is 0.366 e. The van der Waals surface area contributed by atoms with Crippen molar-refractivity contribution in [1.29, 1.82) is 0 Å². The standard InChI is InChI=1S/C17H18F3N5O2/c18-17(19,20)15-8-16(22-11-21-15)23-13-2-1-7-24(10-13)9-12-3-5-14(6-4-12)25(26)27/h3-6,8,11,13H,1-2,7,9-10H2,(H,21,22,23). The number of piperidine rings is 1. The number of halogens is 3. The second-order valence-electron chi connectivity index (χ2n) is 6.43. The van der Waals surface area contributed by atoms with E-state index < -0.39 is 16.8 Å². The highest BCUT2D eigenvalue weighted by molar-refractivity contribution is 5.37. The lowest BCUT2D eigenvalue weighted by Gasteiger charge is -2.33. The Morgan fingerprint density at radius 2 is 2.00 bits per heavy atom. The third-order valence-electron chi connectivity index (χ3n) is 4.37. The van der Waals surface area contributed by atoms with Gasteiger partial charge in [0.1, 0.15) is 17.8 Å². The normalized spacial score (nSPS) is 18.3. The molecule has 1 N–H and O–H groups in total. The van der Waals surface area contributed by atoms with E-state index in [-0.39, 0.29) is 17.5 Å². The number of nitrogens with zero attached hydrogens (tertiary/aromatic N) is 4. The summed E-state index contributed by atoms with van der Waals surface area (Å²) in [5, 5.41) is 13.8. The molecule has 1 aliphatic rings. The Balaban J connectivity index is 1.60. The van der Waals surface area contributed by atoms with Crippen LogP contribution < -0.4 is 5.32 Å². The van der Waals surface area contributed by atoms with Crippen molar-refractivity contribution in [2.75, 3.05) is 18.4 Å².